The standard InChI is InChI=1S/C20H18ClFN4OS/c1-13-2-3-17(4-5-23-13)26-19(14-8-15(21)10-16(22)9-14)11-18(24-26)20(27)25-6-7-28-12-25/h3-5,8-11H,2,6-7,12H2,1H3. The highest BCUT2D eigenvalue weighted by Crippen LogP contribution is 2.29. The van der Waals surface area contributed by atoms with Gasteiger partial charge in [0.15, 0.2) is 5.69 Å². The summed E-state index contributed by atoms with van der Waals surface area (Å²) in [4.78, 5) is 18.9. The molecule has 1 saturated heterocycles. The summed E-state index contributed by atoms with van der Waals surface area (Å²) < 4.78 is 15.6. The third-order valence-corrected chi connectivity index (χ3v) is 5.70. The fourth-order valence-corrected chi connectivity index (χ4v) is 4.26. The number of thioether (sulfide) groups is 1. The maximum Gasteiger partial charge on any atom is 0.275 e. The molecule has 2 aliphatic rings. The van der Waals surface area contributed by atoms with Gasteiger partial charge in [-0.1, -0.05) is 17.7 Å². The molecule has 3 heterocycles. The Balaban J connectivity index is 1.81. The highest BCUT2D eigenvalue weighted by molar-refractivity contribution is 7.99. The molecule has 1 aromatic heterocycles. The average molecular weight is 417 g/mol. The number of halogens is 2. The van der Waals surface area contributed by atoms with Crippen LogP contribution in [0.15, 0.2) is 47.6 Å². The zero-order valence-electron chi connectivity index (χ0n) is 15.2. The maximum atomic E-state index is 14.0. The average Bonchev–Trinajstić information content (AvgIpc) is 3.29. The number of carbonyl (C=O) groups excluding carboxylic acids is 1. The Morgan fingerprint density at radius 1 is 1.29 bits per heavy atom. The Morgan fingerprint density at radius 2 is 2.14 bits per heavy atom. The second-order valence-electron chi connectivity index (χ2n) is 6.60. The Kier molecular flexibility index (Phi) is 5.37. The molecule has 4 rings (SSSR count). The molecule has 1 aromatic carbocycles. The van der Waals surface area contributed by atoms with E-state index >= 15 is 0 Å². The fourth-order valence-electron chi connectivity index (χ4n) is 3.10. The molecule has 2 aliphatic heterocycles. The summed E-state index contributed by atoms with van der Waals surface area (Å²) in [5, 5.41) is 4.85. The molecule has 144 valence electrons. The highest BCUT2D eigenvalue weighted by atomic mass is 35.5. The van der Waals surface area contributed by atoms with Crippen LogP contribution in [-0.4, -0.2) is 44.5 Å². The summed E-state index contributed by atoms with van der Waals surface area (Å²) in [5.74, 6) is 1.01. The first-order valence-electron chi connectivity index (χ1n) is 8.85. The zero-order chi connectivity index (χ0) is 19.7. The van der Waals surface area contributed by atoms with Crippen molar-refractivity contribution < 1.29 is 9.18 Å². The number of amides is 1. The van der Waals surface area contributed by atoms with Gasteiger partial charge in [-0.05, 0) is 37.3 Å². The van der Waals surface area contributed by atoms with Crippen molar-refractivity contribution >= 4 is 40.7 Å². The van der Waals surface area contributed by atoms with Crippen LogP contribution in [0, 0.1) is 5.82 Å². The van der Waals surface area contributed by atoms with Gasteiger partial charge in [-0.3, -0.25) is 9.79 Å². The monoisotopic (exact) mass is 416 g/mol. The minimum atomic E-state index is -0.441. The lowest BCUT2D eigenvalue weighted by molar-refractivity contribution is 0.0796. The van der Waals surface area contributed by atoms with Crippen molar-refractivity contribution in [3.05, 3.63) is 59.2 Å². The van der Waals surface area contributed by atoms with E-state index in [0.29, 0.717) is 35.8 Å². The van der Waals surface area contributed by atoms with E-state index in [9.17, 15) is 9.18 Å². The Morgan fingerprint density at radius 3 is 2.89 bits per heavy atom. The summed E-state index contributed by atoms with van der Waals surface area (Å²) in [6.45, 7) is 2.65. The molecule has 0 spiro atoms. The predicted octanol–water partition coefficient (Wildman–Crippen LogP) is 4.71. The molecular weight excluding hydrogens is 399 g/mol. The zero-order valence-corrected chi connectivity index (χ0v) is 16.8. The van der Waals surface area contributed by atoms with Gasteiger partial charge in [-0.25, -0.2) is 9.07 Å². The summed E-state index contributed by atoms with van der Waals surface area (Å²) in [6.07, 6.45) is 6.18. The third-order valence-electron chi connectivity index (χ3n) is 4.52. The Bertz CT molecular complexity index is 1000. The molecular formula is C20H18ClFN4OS. The lowest BCUT2D eigenvalue weighted by Gasteiger charge is -2.11. The molecule has 5 nitrogen and oxygen atoms in total. The van der Waals surface area contributed by atoms with E-state index in [1.807, 2.05) is 19.1 Å². The van der Waals surface area contributed by atoms with Crippen LogP contribution in [0.2, 0.25) is 5.02 Å². The first-order valence-corrected chi connectivity index (χ1v) is 10.4. The van der Waals surface area contributed by atoms with E-state index in [1.54, 1.807) is 39.7 Å². The Labute approximate surface area is 171 Å². The van der Waals surface area contributed by atoms with Gasteiger partial charge >= 0.3 is 0 Å². The van der Waals surface area contributed by atoms with Gasteiger partial charge in [0.1, 0.15) is 5.82 Å². The molecule has 0 radical (unpaired) electrons. The molecule has 28 heavy (non-hydrogen) atoms. The predicted molar refractivity (Wildman–Crippen MR) is 112 cm³/mol. The van der Waals surface area contributed by atoms with E-state index < -0.39 is 5.82 Å². The SMILES string of the molecule is CC1=NC=CC(n2nc(C(=O)N3CCSC3)cc2-c2cc(F)cc(Cl)c2)=CC1. The van der Waals surface area contributed by atoms with E-state index in [-0.39, 0.29) is 10.9 Å². The summed E-state index contributed by atoms with van der Waals surface area (Å²) in [5.41, 5.74) is 3.23. The van der Waals surface area contributed by atoms with Crippen molar-refractivity contribution in [2.75, 3.05) is 18.2 Å². The maximum absolute atomic E-state index is 14.0. The largest absolute Gasteiger partial charge is 0.327 e. The number of allylic oxidation sites excluding steroid dienone is 3. The number of hydrogen-bond acceptors (Lipinski definition) is 4. The second kappa shape index (κ2) is 7.93. The number of aliphatic imine (C=N–C) groups is 1. The molecule has 1 amide bonds. The van der Waals surface area contributed by atoms with Crippen molar-refractivity contribution in [1.29, 1.82) is 0 Å². The molecule has 2 aromatic rings. The van der Waals surface area contributed by atoms with Crippen LogP contribution in [0.3, 0.4) is 0 Å². The molecule has 0 atom stereocenters. The van der Waals surface area contributed by atoms with Crippen LogP contribution in [0.1, 0.15) is 23.8 Å². The molecule has 0 saturated carbocycles. The van der Waals surface area contributed by atoms with E-state index in [0.717, 1.165) is 17.2 Å². The Hall–Kier alpha value is -2.38. The molecule has 1 fully saturated rings. The van der Waals surface area contributed by atoms with Gasteiger partial charge in [0.05, 0.1) is 17.3 Å². The normalized spacial score (nSPS) is 16.8. The molecule has 0 unspecified atom stereocenters. The van der Waals surface area contributed by atoms with Gasteiger partial charge in [-0.2, -0.15) is 5.10 Å². The van der Waals surface area contributed by atoms with Gasteiger partial charge in [0.25, 0.3) is 5.91 Å². The molecule has 0 aliphatic carbocycles. The van der Waals surface area contributed by atoms with Crippen LogP contribution in [0.5, 0.6) is 0 Å². The minimum Gasteiger partial charge on any atom is -0.327 e. The fraction of sp³-hybridized carbons (Fsp3) is 0.250. The van der Waals surface area contributed by atoms with Crippen LogP contribution < -0.4 is 0 Å². The van der Waals surface area contributed by atoms with Crippen molar-refractivity contribution in [1.82, 2.24) is 14.7 Å². The smallest absolute Gasteiger partial charge is 0.275 e. The van der Waals surface area contributed by atoms with Gasteiger partial charge in [0, 0.05) is 41.2 Å². The van der Waals surface area contributed by atoms with Crippen molar-refractivity contribution in [2.45, 2.75) is 13.3 Å². The van der Waals surface area contributed by atoms with Crippen molar-refractivity contribution in [3.63, 3.8) is 0 Å². The third kappa shape index (κ3) is 3.91. The summed E-state index contributed by atoms with van der Waals surface area (Å²) in [7, 11) is 0. The molecule has 0 N–H and O–H groups in total. The van der Waals surface area contributed by atoms with Crippen molar-refractivity contribution in [2.24, 2.45) is 4.99 Å². The lowest BCUT2D eigenvalue weighted by atomic mass is 10.1. The van der Waals surface area contributed by atoms with E-state index in [4.69, 9.17) is 11.6 Å². The van der Waals surface area contributed by atoms with E-state index in [2.05, 4.69) is 10.1 Å². The number of aromatic nitrogens is 2. The van der Waals surface area contributed by atoms with Crippen LogP contribution in [0.25, 0.3) is 17.0 Å². The number of benzene rings is 1. The van der Waals surface area contributed by atoms with Crippen LogP contribution in [-0.2, 0) is 0 Å². The second-order valence-corrected chi connectivity index (χ2v) is 8.12. The van der Waals surface area contributed by atoms with Gasteiger partial charge in [0.2, 0.25) is 0 Å². The number of rotatable bonds is 3. The van der Waals surface area contributed by atoms with Crippen LogP contribution in [0.4, 0.5) is 4.39 Å². The lowest BCUT2D eigenvalue weighted by Crippen LogP contribution is -2.28. The molecule has 8 heteroatoms. The number of hydrogen-bond donors (Lipinski definition) is 0. The van der Waals surface area contributed by atoms with Crippen LogP contribution >= 0.6 is 23.4 Å². The number of carbonyl (C=O) groups is 1. The van der Waals surface area contributed by atoms with Crippen molar-refractivity contribution in [3.8, 4) is 11.3 Å². The number of nitrogens with zero attached hydrogens (tertiary/aromatic N) is 4. The quantitative estimate of drug-likeness (QED) is 0.728. The topological polar surface area (TPSA) is 50.5 Å². The molecule has 0 bridgehead atoms. The van der Waals surface area contributed by atoms with Gasteiger partial charge < -0.3 is 4.90 Å². The first kappa shape index (κ1) is 19.0. The van der Waals surface area contributed by atoms with Gasteiger partial charge in [-0.15, -0.1) is 11.8 Å². The van der Waals surface area contributed by atoms with E-state index in [1.165, 1.54) is 12.1 Å². The summed E-state index contributed by atoms with van der Waals surface area (Å²) >= 11 is 7.78. The minimum absolute atomic E-state index is 0.127. The highest BCUT2D eigenvalue weighted by Gasteiger charge is 2.24. The first-order chi connectivity index (χ1) is 13.5. The summed E-state index contributed by atoms with van der Waals surface area (Å²) in [6, 6.07) is 6.01.